The summed E-state index contributed by atoms with van der Waals surface area (Å²) >= 11 is 0. The highest BCUT2D eigenvalue weighted by Crippen LogP contribution is 2.38. The zero-order valence-corrected chi connectivity index (χ0v) is 12.5. The Morgan fingerprint density at radius 3 is 2.61 bits per heavy atom. The molecule has 0 aromatic heterocycles. The number of hydrogen-bond acceptors (Lipinski definition) is 1. The van der Waals surface area contributed by atoms with Gasteiger partial charge < -0.3 is 5.32 Å². The van der Waals surface area contributed by atoms with Crippen LogP contribution in [0.3, 0.4) is 0 Å². The summed E-state index contributed by atoms with van der Waals surface area (Å²) in [6.07, 6.45) is 14.6. The van der Waals surface area contributed by atoms with E-state index in [1.807, 2.05) is 0 Å². The summed E-state index contributed by atoms with van der Waals surface area (Å²) < 4.78 is 0. The Morgan fingerprint density at radius 2 is 2.00 bits per heavy atom. The lowest BCUT2D eigenvalue weighted by atomic mass is 9.71. The van der Waals surface area contributed by atoms with Crippen LogP contribution < -0.4 is 5.32 Å². The normalized spacial score (nSPS) is 28.3. The quantitative estimate of drug-likeness (QED) is 0.666. The molecule has 0 aromatic carbocycles. The van der Waals surface area contributed by atoms with Crippen molar-refractivity contribution in [1.82, 2.24) is 5.32 Å². The van der Waals surface area contributed by atoms with Crippen LogP contribution in [0.4, 0.5) is 0 Å². The maximum Gasteiger partial charge on any atom is 0.00888 e. The van der Waals surface area contributed by atoms with E-state index in [1.54, 1.807) is 0 Å². The van der Waals surface area contributed by atoms with Gasteiger partial charge in [-0.3, -0.25) is 0 Å². The van der Waals surface area contributed by atoms with Crippen LogP contribution in [0.2, 0.25) is 0 Å². The number of terminal acetylenes is 1. The van der Waals surface area contributed by atoms with Gasteiger partial charge in [-0.25, -0.2) is 0 Å². The monoisotopic (exact) mass is 249 g/mol. The molecule has 1 aliphatic rings. The molecule has 1 N–H and O–H groups in total. The molecule has 1 heteroatoms. The van der Waals surface area contributed by atoms with Gasteiger partial charge in [-0.2, -0.15) is 0 Å². The van der Waals surface area contributed by atoms with Crippen LogP contribution in [-0.2, 0) is 0 Å². The molecule has 0 spiro atoms. The van der Waals surface area contributed by atoms with Gasteiger partial charge >= 0.3 is 0 Å². The van der Waals surface area contributed by atoms with Crippen molar-refractivity contribution in [1.29, 1.82) is 0 Å². The Kier molecular flexibility index (Phi) is 7.44. The minimum Gasteiger partial charge on any atom is -0.314 e. The van der Waals surface area contributed by atoms with Gasteiger partial charge in [0, 0.05) is 12.5 Å². The van der Waals surface area contributed by atoms with Crippen LogP contribution in [0.1, 0.15) is 65.7 Å². The minimum absolute atomic E-state index is 0.603. The van der Waals surface area contributed by atoms with E-state index in [4.69, 9.17) is 6.42 Å². The highest BCUT2D eigenvalue weighted by molar-refractivity contribution is 4.88. The van der Waals surface area contributed by atoms with Crippen molar-refractivity contribution in [2.75, 3.05) is 6.54 Å². The first kappa shape index (κ1) is 15.6. The molecule has 0 aromatic rings. The van der Waals surface area contributed by atoms with Gasteiger partial charge in [-0.05, 0) is 43.6 Å². The van der Waals surface area contributed by atoms with Crippen molar-refractivity contribution in [2.45, 2.75) is 71.8 Å². The lowest BCUT2D eigenvalue weighted by molar-refractivity contribution is 0.159. The fourth-order valence-electron chi connectivity index (χ4n) is 3.37. The van der Waals surface area contributed by atoms with E-state index in [9.17, 15) is 0 Å². The Hall–Kier alpha value is -0.480. The molecule has 0 radical (unpaired) electrons. The second-order valence-electron chi connectivity index (χ2n) is 6.29. The second-order valence-corrected chi connectivity index (χ2v) is 6.29. The third-order valence-corrected chi connectivity index (χ3v) is 4.39. The average Bonchev–Trinajstić information content (AvgIpc) is 2.35. The summed E-state index contributed by atoms with van der Waals surface area (Å²) in [7, 11) is 0. The zero-order chi connectivity index (χ0) is 13.4. The highest BCUT2D eigenvalue weighted by Gasteiger charge is 2.29. The van der Waals surface area contributed by atoms with Gasteiger partial charge in [0.05, 0.1) is 0 Å². The Balaban J connectivity index is 2.45. The van der Waals surface area contributed by atoms with Crippen LogP contribution in [0, 0.1) is 30.1 Å². The first-order valence-corrected chi connectivity index (χ1v) is 7.84. The van der Waals surface area contributed by atoms with Gasteiger partial charge in [0.15, 0.2) is 0 Å². The maximum absolute atomic E-state index is 5.44. The van der Waals surface area contributed by atoms with Crippen molar-refractivity contribution < 1.29 is 0 Å². The van der Waals surface area contributed by atoms with E-state index in [0.29, 0.717) is 6.04 Å². The van der Waals surface area contributed by atoms with Crippen molar-refractivity contribution in [3.63, 3.8) is 0 Å². The van der Waals surface area contributed by atoms with E-state index < -0.39 is 0 Å². The Labute approximate surface area is 114 Å². The average molecular weight is 249 g/mol. The summed E-state index contributed by atoms with van der Waals surface area (Å²) in [4.78, 5) is 0. The van der Waals surface area contributed by atoms with Crippen LogP contribution in [0.5, 0.6) is 0 Å². The van der Waals surface area contributed by atoms with Gasteiger partial charge in [0.1, 0.15) is 0 Å². The molecule has 0 aliphatic heterocycles. The molecular weight excluding hydrogens is 218 g/mol. The molecule has 3 atom stereocenters. The number of rotatable bonds is 7. The zero-order valence-electron chi connectivity index (χ0n) is 12.5. The van der Waals surface area contributed by atoms with E-state index in [-0.39, 0.29) is 0 Å². The topological polar surface area (TPSA) is 12.0 Å². The van der Waals surface area contributed by atoms with Gasteiger partial charge in [-0.15, -0.1) is 12.3 Å². The van der Waals surface area contributed by atoms with E-state index >= 15 is 0 Å². The molecule has 18 heavy (non-hydrogen) atoms. The van der Waals surface area contributed by atoms with Gasteiger partial charge in [0.25, 0.3) is 0 Å². The van der Waals surface area contributed by atoms with Crippen LogP contribution in [0.25, 0.3) is 0 Å². The first-order chi connectivity index (χ1) is 8.67. The summed E-state index contributed by atoms with van der Waals surface area (Å²) in [5, 5.41) is 3.62. The molecule has 1 fully saturated rings. The van der Waals surface area contributed by atoms with Crippen LogP contribution >= 0.6 is 0 Å². The number of hydrogen-bond donors (Lipinski definition) is 1. The third-order valence-electron chi connectivity index (χ3n) is 4.39. The molecule has 0 amide bonds. The summed E-state index contributed by atoms with van der Waals surface area (Å²) in [5.41, 5.74) is 0. The smallest absolute Gasteiger partial charge is 0.00888 e. The van der Waals surface area contributed by atoms with Crippen molar-refractivity contribution in [3.05, 3.63) is 0 Å². The van der Waals surface area contributed by atoms with E-state index in [1.165, 1.54) is 45.1 Å². The van der Waals surface area contributed by atoms with Gasteiger partial charge in [-0.1, -0.05) is 40.0 Å². The largest absolute Gasteiger partial charge is 0.314 e. The molecule has 3 unspecified atom stereocenters. The predicted octanol–water partition coefficient (Wildman–Crippen LogP) is 4.23. The van der Waals surface area contributed by atoms with Crippen LogP contribution in [0.15, 0.2) is 0 Å². The SMILES string of the molecule is C#CCCC1CC(CCC)CCC1CNC(C)C. The third kappa shape index (κ3) is 5.44. The molecule has 0 saturated heterocycles. The minimum atomic E-state index is 0.603. The molecule has 0 bridgehead atoms. The predicted molar refractivity (Wildman–Crippen MR) is 80.4 cm³/mol. The van der Waals surface area contributed by atoms with Crippen molar-refractivity contribution in [2.24, 2.45) is 17.8 Å². The molecular formula is C17H31N. The Morgan fingerprint density at radius 1 is 1.22 bits per heavy atom. The van der Waals surface area contributed by atoms with Crippen LogP contribution in [-0.4, -0.2) is 12.6 Å². The van der Waals surface area contributed by atoms with E-state index in [2.05, 4.69) is 32.0 Å². The molecule has 1 rings (SSSR count). The maximum atomic E-state index is 5.44. The van der Waals surface area contributed by atoms with Crippen molar-refractivity contribution >= 4 is 0 Å². The highest BCUT2D eigenvalue weighted by atomic mass is 14.9. The fraction of sp³-hybridized carbons (Fsp3) is 0.882. The number of nitrogens with one attached hydrogen (secondary N) is 1. The second kappa shape index (κ2) is 8.59. The Bertz CT molecular complexity index is 251. The first-order valence-electron chi connectivity index (χ1n) is 7.84. The molecule has 1 aliphatic carbocycles. The molecule has 1 nitrogen and oxygen atoms in total. The summed E-state index contributed by atoms with van der Waals surface area (Å²) in [6, 6.07) is 0.603. The lowest BCUT2D eigenvalue weighted by Gasteiger charge is -2.36. The molecule has 1 saturated carbocycles. The molecule has 104 valence electrons. The lowest BCUT2D eigenvalue weighted by Crippen LogP contribution is -2.36. The summed E-state index contributed by atoms with van der Waals surface area (Å²) in [5.74, 6) is 5.51. The van der Waals surface area contributed by atoms with Gasteiger partial charge in [0.2, 0.25) is 0 Å². The van der Waals surface area contributed by atoms with Crippen molar-refractivity contribution in [3.8, 4) is 12.3 Å². The summed E-state index contributed by atoms with van der Waals surface area (Å²) in [6.45, 7) is 7.97. The van der Waals surface area contributed by atoms with E-state index in [0.717, 1.165) is 24.2 Å². The molecule has 0 heterocycles. The fourth-order valence-corrected chi connectivity index (χ4v) is 3.37. The standard InChI is InChI=1S/C17H31N/c1-5-7-9-16-12-15(8-6-2)10-11-17(16)13-18-14(3)4/h1,14-18H,6-13H2,2-4H3.